The lowest BCUT2D eigenvalue weighted by Gasteiger charge is -2.11. The Morgan fingerprint density at radius 1 is 1.04 bits per heavy atom. The van der Waals surface area contributed by atoms with Crippen molar-refractivity contribution < 1.29 is 9.72 Å². The molecule has 3 aromatic carbocycles. The highest BCUT2D eigenvalue weighted by molar-refractivity contribution is 7.98. The van der Waals surface area contributed by atoms with Crippen LogP contribution in [0.3, 0.4) is 0 Å². The van der Waals surface area contributed by atoms with Crippen LogP contribution >= 0.6 is 11.8 Å². The zero-order valence-corrected chi connectivity index (χ0v) is 16.2. The Morgan fingerprint density at radius 3 is 2.46 bits per heavy atom. The van der Waals surface area contributed by atoms with E-state index in [-0.39, 0.29) is 18.0 Å². The molecule has 5 nitrogen and oxygen atoms in total. The Labute approximate surface area is 167 Å². The maximum absolute atomic E-state index is 12.4. The minimum Gasteiger partial charge on any atom is -0.326 e. The van der Waals surface area contributed by atoms with Gasteiger partial charge in [-0.1, -0.05) is 48.5 Å². The SMILES string of the molecule is Cc1cc(CSc2ccccc2)ccc1NC(=O)Cc1ccccc1[N+](=O)[O-]. The van der Waals surface area contributed by atoms with Crippen molar-refractivity contribution in [3.05, 3.63) is 99.6 Å². The standard InChI is InChI=1S/C22H20N2O3S/c1-16-13-17(15-28-19-8-3-2-4-9-19)11-12-20(16)23-22(25)14-18-7-5-6-10-21(18)24(26)27/h2-13H,14-15H2,1H3,(H,23,25). The molecule has 0 saturated heterocycles. The molecule has 0 spiro atoms. The van der Waals surface area contributed by atoms with Crippen LogP contribution in [0.25, 0.3) is 0 Å². The molecule has 0 bridgehead atoms. The van der Waals surface area contributed by atoms with Crippen molar-refractivity contribution >= 4 is 29.0 Å². The molecular formula is C22H20N2O3S. The Hall–Kier alpha value is -3.12. The molecule has 3 aromatic rings. The first-order valence-corrected chi connectivity index (χ1v) is 9.81. The van der Waals surface area contributed by atoms with Crippen molar-refractivity contribution in [1.82, 2.24) is 0 Å². The van der Waals surface area contributed by atoms with Gasteiger partial charge in [-0.15, -0.1) is 11.8 Å². The number of hydrogen-bond acceptors (Lipinski definition) is 4. The van der Waals surface area contributed by atoms with E-state index >= 15 is 0 Å². The predicted octanol–water partition coefficient (Wildman–Crippen LogP) is 5.38. The summed E-state index contributed by atoms with van der Waals surface area (Å²) in [6.45, 7) is 1.94. The lowest BCUT2D eigenvalue weighted by molar-refractivity contribution is -0.385. The third-order valence-electron chi connectivity index (χ3n) is 4.25. The zero-order valence-electron chi connectivity index (χ0n) is 15.4. The Bertz CT molecular complexity index is 990. The van der Waals surface area contributed by atoms with Gasteiger partial charge in [0.15, 0.2) is 0 Å². The zero-order chi connectivity index (χ0) is 19.9. The number of aryl methyl sites for hydroxylation is 1. The van der Waals surface area contributed by atoms with E-state index in [1.807, 2.05) is 37.3 Å². The molecule has 0 saturated carbocycles. The van der Waals surface area contributed by atoms with Crippen LogP contribution in [0.1, 0.15) is 16.7 Å². The van der Waals surface area contributed by atoms with Crippen LogP contribution in [0.4, 0.5) is 11.4 Å². The maximum Gasteiger partial charge on any atom is 0.273 e. The van der Waals surface area contributed by atoms with E-state index in [1.54, 1.807) is 30.0 Å². The third kappa shape index (κ3) is 5.20. The number of nitrogens with one attached hydrogen (secondary N) is 1. The Kier molecular flexibility index (Phi) is 6.45. The highest BCUT2D eigenvalue weighted by Gasteiger charge is 2.16. The summed E-state index contributed by atoms with van der Waals surface area (Å²) in [5.74, 6) is 0.568. The molecule has 0 fully saturated rings. The van der Waals surface area contributed by atoms with Gasteiger partial charge in [0.1, 0.15) is 0 Å². The number of para-hydroxylation sites is 1. The summed E-state index contributed by atoms with van der Waals surface area (Å²) >= 11 is 1.76. The van der Waals surface area contributed by atoms with Gasteiger partial charge < -0.3 is 5.32 Å². The second-order valence-electron chi connectivity index (χ2n) is 6.36. The molecule has 3 rings (SSSR count). The summed E-state index contributed by atoms with van der Waals surface area (Å²) in [7, 11) is 0. The van der Waals surface area contributed by atoms with Gasteiger partial charge in [-0.3, -0.25) is 14.9 Å². The highest BCUT2D eigenvalue weighted by atomic mass is 32.2. The number of benzene rings is 3. The predicted molar refractivity (Wildman–Crippen MR) is 113 cm³/mol. The fourth-order valence-electron chi connectivity index (χ4n) is 2.84. The van der Waals surface area contributed by atoms with Gasteiger partial charge in [0.2, 0.25) is 5.91 Å². The number of thioether (sulfide) groups is 1. The van der Waals surface area contributed by atoms with E-state index in [2.05, 4.69) is 23.5 Å². The van der Waals surface area contributed by atoms with E-state index in [1.165, 1.54) is 16.5 Å². The second kappa shape index (κ2) is 9.19. The van der Waals surface area contributed by atoms with Crippen LogP contribution in [0.15, 0.2) is 77.7 Å². The van der Waals surface area contributed by atoms with Gasteiger partial charge in [-0.05, 0) is 36.2 Å². The minimum atomic E-state index is -0.465. The second-order valence-corrected chi connectivity index (χ2v) is 7.41. The summed E-state index contributed by atoms with van der Waals surface area (Å²) in [5, 5.41) is 13.9. The molecule has 0 aliphatic rings. The maximum atomic E-state index is 12.4. The number of anilines is 1. The van der Waals surface area contributed by atoms with E-state index in [4.69, 9.17) is 0 Å². The summed E-state index contributed by atoms with van der Waals surface area (Å²) in [6, 6.07) is 22.4. The molecule has 6 heteroatoms. The molecule has 0 aliphatic carbocycles. The number of rotatable bonds is 7. The number of carbonyl (C=O) groups is 1. The Morgan fingerprint density at radius 2 is 1.75 bits per heavy atom. The fourth-order valence-corrected chi connectivity index (χ4v) is 3.71. The quantitative estimate of drug-likeness (QED) is 0.333. The van der Waals surface area contributed by atoms with Crippen molar-refractivity contribution in [3.8, 4) is 0 Å². The van der Waals surface area contributed by atoms with E-state index in [9.17, 15) is 14.9 Å². The van der Waals surface area contributed by atoms with Crippen LogP contribution < -0.4 is 5.32 Å². The van der Waals surface area contributed by atoms with E-state index in [0.717, 1.165) is 17.0 Å². The minimum absolute atomic E-state index is 0.0392. The number of nitro groups is 1. The first-order valence-electron chi connectivity index (χ1n) is 8.82. The lowest BCUT2D eigenvalue weighted by atomic mass is 10.1. The molecule has 0 atom stereocenters. The summed E-state index contributed by atoms with van der Waals surface area (Å²) < 4.78 is 0. The molecule has 0 heterocycles. The monoisotopic (exact) mass is 392 g/mol. The average molecular weight is 392 g/mol. The van der Waals surface area contributed by atoms with Gasteiger partial charge in [-0.25, -0.2) is 0 Å². The molecule has 0 unspecified atom stereocenters. The van der Waals surface area contributed by atoms with Crippen LogP contribution in [-0.4, -0.2) is 10.8 Å². The molecular weight excluding hydrogens is 372 g/mol. The number of nitro benzene ring substituents is 1. The molecule has 1 amide bonds. The van der Waals surface area contributed by atoms with Crippen molar-refractivity contribution in [1.29, 1.82) is 0 Å². The number of nitrogens with zero attached hydrogens (tertiary/aromatic N) is 1. The highest BCUT2D eigenvalue weighted by Crippen LogP contribution is 2.25. The average Bonchev–Trinajstić information content (AvgIpc) is 2.69. The van der Waals surface area contributed by atoms with Crippen LogP contribution in [0.5, 0.6) is 0 Å². The van der Waals surface area contributed by atoms with E-state index < -0.39 is 4.92 Å². The molecule has 28 heavy (non-hydrogen) atoms. The summed E-state index contributed by atoms with van der Waals surface area (Å²) in [5.41, 5.74) is 3.21. The van der Waals surface area contributed by atoms with Crippen molar-refractivity contribution in [3.63, 3.8) is 0 Å². The van der Waals surface area contributed by atoms with Gasteiger partial charge in [-0.2, -0.15) is 0 Å². The molecule has 0 radical (unpaired) electrons. The molecule has 0 aliphatic heterocycles. The van der Waals surface area contributed by atoms with Crippen molar-refractivity contribution in [2.45, 2.75) is 24.0 Å². The van der Waals surface area contributed by atoms with Gasteiger partial charge >= 0.3 is 0 Å². The van der Waals surface area contributed by atoms with Gasteiger partial charge in [0.25, 0.3) is 5.69 Å². The topological polar surface area (TPSA) is 72.2 Å². The van der Waals surface area contributed by atoms with E-state index in [0.29, 0.717) is 5.56 Å². The number of hydrogen-bond donors (Lipinski definition) is 1. The lowest BCUT2D eigenvalue weighted by Crippen LogP contribution is -2.16. The first kappa shape index (κ1) is 19.6. The van der Waals surface area contributed by atoms with Gasteiger partial charge in [0, 0.05) is 28.0 Å². The normalized spacial score (nSPS) is 10.5. The molecule has 142 valence electrons. The third-order valence-corrected chi connectivity index (χ3v) is 5.34. The molecule has 0 aromatic heterocycles. The Balaban J connectivity index is 1.63. The molecule has 1 N–H and O–H groups in total. The number of amides is 1. The van der Waals surface area contributed by atoms with Gasteiger partial charge in [0.05, 0.1) is 11.3 Å². The largest absolute Gasteiger partial charge is 0.326 e. The van der Waals surface area contributed by atoms with Crippen LogP contribution in [0.2, 0.25) is 0 Å². The van der Waals surface area contributed by atoms with Crippen molar-refractivity contribution in [2.75, 3.05) is 5.32 Å². The summed E-state index contributed by atoms with van der Waals surface area (Å²) in [6.07, 6.45) is -0.0395. The van der Waals surface area contributed by atoms with Crippen LogP contribution in [-0.2, 0) is 17.0 Å². The first-order chi connectivity index (χ1) is 13.5. The summed E-state index contributed by atoms with van der Waals surface area (Å²) in [4.78, 5) is 24.2. The smallest absolute Gasteiger partial charge is 0.273 e. The fraction of sp³-hybridized carbons (Fsp3) is 0.136. The van der Waals surface area contributed by atoms with Crippen LogP contribution in [0, 0.1) is 17.0 Å². The van der Waals surface area contributed by atoms with Crippen molar-refractivity contribution in [2.24, 2.45) is 0 Å². The number of carbonyl (C=O) groups excluding carboxylic acids is 1.